The van der Waals surface area contributed by atoms with E-state index in [1.54, 1.807) is 19.2 Å². The molecule has 26 heavy (non-hydrogen) atoms. The number of benzene rings is 2. The summed E-state index contributed by atoms with van der Waals surface area (Å²) in [5, 5.41) is 4.63. The Morgan fingerprint density at radius 2 is 2.04 bits per heavy atom. The Balaban J connectivity index is 1.57. The average Bonchev–Trinajstić information content (AvgIpc) is 3.15. The zero-order valence-corrected chi connectivity index (χ0v) is 16.3. The van der Waals surface area contributed by atoms with Crippen molar-refractivity contribution in [2.75, 3.05) is 20.3 Å². The molecule has 0 radical (unpaired) electrons. The Kier molecular flexibility index (Phi) is 7.03. The SMILES string of the molecule is COc1cc(CNC[C@H]2CCCO2)ccc1OCc1ccc(Cl)cc1Cl. The maximum atomic E-state index is 6.19. The molecule has 0 bridgehead atoms. The highest BCUT2D eigenvalue weighted by molar-refractivity contribution is 6.35. The number of nitrogens with one attached hydrogen (secondary N) is 1. The summed E-state index contributed by atoms with van der Waals surface area (Å²) in [6.45, 7) is 2.86. The van der Waals surface area contributed by atoms with Crippen LogP contribution in [0.5, 0.6) is 11.5 Å². The van der Waals surface area contributed by atoms with Gasteiger partial charge in [0, 0.05) is 35.3 Å². The van der Waals surface area contributed by atoms with E-state index < -0.39 is 0 Å². The lowest BCUT2D eigenvalue weighted by Gasteiger charge is -2.14. The molecular weight excluding hydrogens is 373 g/mol. The van der Waals surface area contributed by atoms with Crippen molar-refractivity contribution in [3.63, 3.8) is 0 Å². The molecule has 1 fully saturated rings. The molecule has 140 valence electrons. The van der Waals surface area contributed by atoms with E-state index in [1.165, 1.54) is 0 Å². The molecule has 4 nitrogen and oxygen atoms in total. The molecule has 1 aliphatic heterocycles. The summed E-state index contributed by atoms with van der Waals surface area (Å²) in [6.07, 6.45) is 2.63. The summed E-state index contributed by atoms with van der Waals surface area (Å²) in [6, 6.07) is 11.3. The third-order valence-corrected chi connectivity index (χ3v) is 4.94. The lowest BCUT2D eigenvalue weighted by molar-refractivity contribution is 0.110. The third kappa shape index (κ3) is 5.27. The van der Waals surface area contributed by atoms with E-state index in [1.807, 2.05) is 24.3 Å². The van der Waals surface area contributed by atoms with Crippen molar-refractivity contribution in [3.05, 3.63) is 57.6 Å². The van der Waals surface area contributed by atoms with Crippen molar-refractivity contribution >= 4 is 23.2 Å². The summed E-state index contributed by atoms with van der Waals surface area (Å²) in [5.41, 5.74) is 2.01. The van der Waals surface area contributed by atoms with Crippen molar-refractivity contribution < 1.29 is 14.2 Å². The van der Waals surface area contributed by atoms with E-state index in [0.29, 0.717) is 34.3 Å². The minimum atomic E-state index is 0.337. The fourth-order valence-electron chi connectivity index (χ4n) is 2.92. The van der Waals surface area contributed by atoms with E-state index in [0.717, 1.165) is 43.7 Å². The van der Waals surface area contributed by atoms with E-state index in [4.69, 9.17) is 37.4 Å². The second-order valence-corrected chi connectivity index (χ2v) is 7.12. The van der Waals surface area contributed by atoms with Crippen molar-refractivity contribution in [2.24, 2.45) is 0 Å². The summed E-state index contributed by atoms with van der Waals surface area (Å²) >= 11 is 12.1. The zero-order valence-electron chi connectivity index (χ0n) is 14.8. The van der Waals surface area contributed by atoms with Gasteiger partial charge in [-0.15, -0.1) is 0 Å². The molecule has 1 N–H and O–H groups in total. The molecule has 3 rings (SSSR count). The monoisotopic (exact) mass is 395 g/mol. The summed E-state index contributed by atoms with van der Waals surface area (Å²) in [5.74, 6) is 1.38. The highest BCUT2D eigenvalue weighted by Crippen LogP contribution is 2.30. The number of halogens is 2. The normalized spacial score (nSPS) is 16.7. The van der Waals surface area contributed by atoms with Gasteiger partial charge in [0.25, 0.3) is 0 Å². The largest absolute Gasteiger partial charge is 0.493 e. The Labute approximate surface area is 164 Å². The van der Waals surface area contributed by atoms with Crippen LogP contribution in [0, 0.1) is 0 Å². The first-order valence-corrected chi connectivity index (χ1v) is 9.47. The van der Waals surface area contributed by atoms with E-state index >= 15 is 0 Å². The smallest absolute Gasteiger partial charge is 0.161 e. The molecule has 1 heterocycles. The van der Waals surface area contributed by atoms with Crippen LogP contribution in [0.3, 0.4) is 0 Å². The number of rotatable bonds is 8. The van der Waals surface area contributed by atoms with Gasteiger partial charge >= 0.3 is 0 Å². The van der Waals surface area contributed by atoms with Crippen LogP contribution < -0.4 is 14.8 Å². The number of hydrogen-bond acceptors (Lipinski definition) is 4. The van der Waals surface area contributed by atoms with E-state index in [9.17, 15) is 0 Å². The zero-order chi connectivity index (χ0) is 18.4. The Morgan fingerprint density at radius 1 is 1.15 bits per heavy atom. The first kappa shape index (κ1) is 19.3. The molecule has 0 spiro atoms. The van der Waals surface area contributed by atoms with Crippen LogP contribution in [-0.2, 0) is 17.9 Å². The highest BCUT2D eigenvalue weighted by Gasteiger charge is 2.14. The van der Waals surface area contributed by atoms with Crippen LogP contribution in [0.2, 0.25) is 10.0 Å². The lowest BCUT2D eigenvalue weighted by Crippen LogP contribution is -2.25. The van der Waals surface area contributed by atoms with Gasteiger partial charge in [0.2, 0.25) is 0 Å². The van der Waals surface area contributed by atoms with Crippen LogP contribution >= 0.6 is 23.2 Å². The summed E-state index contributed by atoms with van der Waals surface area (Å²) in [7, 11) is 1.64. The maximum Gasteiger partial charge on any atom is 0.161 e. The van der Waals surface area contributed by atoms with Crippen LogP contribution in [0.25, 0.3) is 0 Å². The van der Waals surface area contributed by atoms with Gasteiger partial charge in [-0.3, -0.25) is 0 Å². The molecule has 0 saturated carbocycles. The van der Waals surface area contributed by atoms with Crippen molar-refractivity contribution in [3.8, 4) is 11.5 Å². The molecule has 6 heteroatoms. The van der Waals surface area contributed by atoms with Crippen LogP contribution in [-0.4, -0.2) is 26.4 Å². The predicted octanol–water partition coefficient (Wildman–Crippen LogP) is 4.85. The van der Waals surface area contributed by atoms with Crippen molar-refractivity contribution in [2.45, 2.75) is 32.1 Å². The lowest BCUT2D eigenvalue weighted by atomic mass is 10.2. The molecule has 1 atom stereocenters. The molecule has 1 aliphatic rings. The topological polar surface area (TPSA) is 39.7 Å². The molecule has 0 amide bonds. The summed E-state index contributed by atoms with van der Waals surface area (Å²) < 4.78 is 17.0. The second kappa shape index (κ2) is 9.47. The molecule has 2 aromatic carbocycles. The van der Waals surface area contributed by atoms with Gasteiger partial charge in [-0.05, 0) is 42.7 Å². The minimum absolute atomic E-state index is 0.337. The number of hydrogen-bond donors (Lipinski definition) is 1. The molecular formula is C20H23Cl2NO3. The van der Waals surface area contributed by atoms with Gasteiger partial charge in [-0.1, -0.05) is 35.3 Å². The quantitative estimate of drug-likeness (QED) is 0.693. The molecule has 0 aromatic heterocycles. The standard InChI is InChI=1S/C20H23Cl2NO3/c1-24-20-9-14(11-23-12-17-3-2-8-25-17)4-7-19(20)26-13-15-5-6-16(21)10-18(15)22/h4-7,9-10,17,23H,2-3,8,11-13H2,1H3/t17-/m1/s1. The van der Waals surface area contributed by atoms with Crippen LogP contribution in [0.15, 0.2) is 36.4 Å². The minimum Gasteiger partial charge on any atom is -0.493 e. The maximum absolute atomic E-state index is 6.19. The van der Waals surface area contributed by atoms with Gasteiger partial charge in [-0.25, -0.2) is 0 Å². The highest BCUT2D eigenvalue weighted by atomic mass is 35.5. The Bertz CT molecular complexity index is 733. The average molecular weight is 396 g/mol. The van der Waals surface area contributed by atoms with Gasteiger partial charge in [0.15, 0.2) is 11.5 Å². The van der Waals surface area contributed by atoms with Gasteiger partial charge in [0.1, 0.15) is 6.61 Å². The molecule has 0 aliphatic carbocycles. The van der Waals surface area contributed by atoms with Crippen LogP contribution in [0.1, 0.15) is 24.0 Å². The molecule has 2 aromatic rings. The fraction of sp³-hybridized carbons (Fsp3) is 0.400. The summed E-state index contributed by atoms with van der Waals surface area (Å²) in [4.78, 5) is 0. The number of methoxy groups -OCH3 is 1. The van der Waals surface area contributed by atoms with Crippen molar-refractivity contribution in [1.29, 1.82) is 0 Å². The second-order valence-electron chi connectivity index (χ2n) is 6.28. The Hall–Kier alpha value is -1.46. The molecule has 0 unspecified atom stereocenters. The predicted molar refractivity (Wildman–Crippen MR) is 104 cm³/mol. The third-order valence-electron chi connectivity index (χ3n) is 4.35. The van der Waals surface area contributed by atoms with Gasteiger partial charge in [0.05, 0.1) is 13.2 Å². The molecule has 1 saturated heterocycles. The first-order chi connectivity index (χ1) is 12.7. The van der Waals surface area contributed by atoms with E-state index in [2.05, 4.69) is 5.32 Å². The first-order valence-electron chi connectivity index (χ1n) is 8.71. The van der Waals surface area contributed by atoms with Gasteiger partial charge < -0.3 is 19.5 Å². The fourth-order valence-corrected chi connectivity index (χ4v) is 3.38. The Morgan fingerprint density at radius 3 is 2.77 bits per heavy atom. The van der Waals surface area contributed by atoms with Crippen LogP contribution in [0.4, 0.5) is 0 Å². The number of ether oxygens (including phenoxy) is 3. The van der Waals surface area contributed by atoms with E-state index in [-0.39, 0.29) is 0 Å². The van der Waals surface area contributed by atoms with Crippen molar-refractivity contribution in [1.82, 2.24) is 5.32 Å². The van der Waals surface area contributed by atoms with Gasteiger partial charge in [-0.2, -0.15) is 0 Å².